The molecule has 0 unspecified atom stereocenters. The molecular weight excluding hydrogens is 366 g/mol. The Morgan fingerprint density at radius 3 is 2.33 bits per heavy atom. The Labute approximate surface area is 150 Å². The van der Waals surface area contributed by atoms with E-state index in [0.29, 0.717) is 12.2 Å². The lowest BCUT2D eigenvalue weighted by atomic mass is 9.87. The molecule has 0 aliphatic heterocycles. The van der Waals surface area contributed by atoms with Gasteiger partial charge in [-0.05, 0) is 34.7 Å². The van der Waals surface area contributed by atoms with Gasteiger partial charge in [-0.3, -0.25) is 0 Å². The quantitative estimate of drug-likeness (QED) is 0.651. The van der Waals surface area contributed by atoms with Crippen LogP contribution in [0.5, 0.6) is 0 Å². The molecule has 24 heavy (non-hydrogen) atoms. The van der Waals surface area contributed by atoms with E-state index in [2.05, 4.69) is 61.0 Å². The van der Waals surface area contributed by atoms with Gasteiger partial charge in [0, 0.05) is 16.4 Å². The summed E-state index contributed by atoms with van der Waals surface area (Å²) in [6, 6.07) is 16.0. The molecule has 0 radical (unpaired) electrons. The van der Waals surface area contributed by atoms with Gasteiger partial charge in [-0.15, -0.1) is 0 Å². The highest BCUT2D eigenvalue weighted by atomic mass is 79.9. The van der Waals surface area contributed by atoms with E-state index in [1.807, 2.05) is 22.8 Å². The lowest BCUT2D eigenvalue weighted by molar-refractivity contribution is 0.0686. The Kier molecular flexibility index (Phi) is 4.26. The molecule has 0 saturated carbocycles. The lowest BCUT2D eigenvalue weighted by Gasteiger charge is -2.19. The number of carbonyl (C=O) groups is 1. The van der Waals surface area contributed by atoms with Crippen LogP contribution < -0.4 is 0 Å². The monoisotopic (exact) mass is 385 g/mol. The zero-order valence-electron chi connectivity index (χ0n) is 14.0. The third-order valence-corrected chi connectivity index (χ3v) is 4.74. The molecule has 0 saturated heterocycles. The predicted molar refractivity (Wildman–Crippen MR) is 101 cm³/mol. The predicted octanol–water partition coefficient (Wildman–Crippen LogP) is 5.45. The first-order valence-electron chi connectivity index (χ1n) is 7.87. The van der Waals surface area contributed by atoms with E-state index in [1.54, 1.807) is 6.07 Å². The number of hydrogen-bond donors (Lipinski definition) is 1. The smallest absolute Gasteiger partial charge is 0.352 e. The molecule has 0 amide bonds. The van der Waals surface area contributed by atoms with Crippen molar-refractivity contribution in [1.82, 2.24) is 4.57 Å². The summed E-state index contributed by atoms with van der Waals surface area (Å²) in [7, 11) is 0. The zero-order valence-corrected chi connectivity index (χ0v) is 15.6. The summed E-state index contributed by atoms with van der Waals surface area (Å²) >= 11 is 3.47. The third kappa shape index (κ3) is 3.24. The number of hydrogen-bond acceptors (Lipinski definition) is 1. The van der Waals surface area contributed by atoms with Crippen LogP contribution in [0.15, 0.2) is 53.0 Å². The lowest BCUT2D eigenvalue weighted by Crippen LogP contribution is -2.12. The number of carboxylic acid groups (broad SMARTS) is 1. The van der Waals surface area contributed by atoms with Crippen LogP contribution in [0.3, 0.4) is 0 Å². The highest BCUT2D eigenvalue weighted by Crippen LogP contribution is 2.26. The summed E-state index contributed by atoms with van der Waals surface area (Å²) in [5, 5.41) is 10.5. The number of benzene rings is 2. The van der Waals surface area contributed by atoms with Gasteiger partial charge in [-0.25, -0.2) is 4.79 Å². The van der Waals surface area contributed by atoms with Crippen LogP contribution in [-0.4, -0.2) is 15.6 Å². The first-order valence-corrected chi connectivity index (χ1v) is 8.66. The molecule has 0 fully saturated rings. The minimum atomic E-state index is -0.909. The van der Waals surface area contributed by atoms with Crippen LogP contribution in [0.1, 0.15) is 42.4 Å². The van der Waals surface area contributed by atoms with Gasteiger partial charge in [0.25, 0.3) is 0 Å². The molecule has 1 aromatic heterocycles. The van der Waals surface area contributed by atoms with Crippen molar-refractivity contribution in [3.63, 3.8) is 0 Å². The summed E-state index contributed by atoms with van der Waals surface area (Å²) in [6.45, 7) is 7.08. The Bertz CT molecular complexity index is 902. The molecule has 4 heteroatoms. The summed E-state index contributed by atoms with van der Waals surface area (Å²) in [4.78, 5) is 11.6. The normalized spacial score (nSPS) is 11.8. The number of fused-ring (bicyclic) bond motifs is 1. The van der Waals surface area contributed by atoms with Crippen LogP contribution in [0.4, 0.5) is 0 Å². The number of carboxylic acids is 1. The van der Waals surface area contributed by atoms with Crippen molar-refractivity contribution in [2.24, 2.45) is 0 Å². The Hall–Kier alpha value is -2.07. The fraction of sp³-hybridized carbons (Fsp3) is 0.250. The summed E-state index contributed by atoms with van der Waals surface area (Å²) in [5.74, 6) is -0.909. The van der Waals surface area contributed by atoms with E-state index in [9.17, 15) is 9.90 Å². The molecule has 3 rings (SSSR count). The fourth-order valence-electron chi connectivity index (χ4n) is 2.87. The van der Waals surface area contributed by atoms with Crippen molar-refractivity contribution in [3.8, 4) is 0 Å². The molecule has 0 bridgehead atoms. The van der Waals surface area contributed by atoms with E-state index < -0.39 is 5.97 Å². The first-order chi connectivity index (χ1) is 11.3. The average molecular weight is 386 g/mol. The highest BCUT2D eigenvalue weighted by Gasteiger charge is 2.16. The summed E-state index contributed by atoms with van der Waals surface area (Å²) in [6.07, 6.45) is 0. The molecule has 0 atom stereocenters. The highest BCUT2D eigenvalue weighted by molar-refractivity contribution is 9.10. The molecule has 0 aliphatic carbocycles. The van der Waals surface area contributed by atoms with Crippen molar-refractivity contribution in [1.29, 1.82) is 0 Å². The van der Waals surface area contributed by atoms with Gasteiger partial charge in [0.15, 0.2) is 0 Å². The zero-order chi connectivity index (χ0) is 17.5. The second-order valence-electron chi connectivity index (χ2n) is 7.07. The summed E-state index contributed by atoms with van der Waals surface area (Å²) in [5.41, 5.74) is 3.69. The second-order valence-corrected chi connectivity index (χ2v) is 7.99. The maximum absolute atomic E-state index is 11.6. The molecule has 1 heterocycles. The van der Waals surface area contributed by atoms with Crippen LogP contribution >= 0.6 is 15.9 Å². The van der Waals surface area contributed by atoms with Gasteiger partial charge < -0.3 is 9.67 Å². The maximum Gasteiger partial charge on any atom is 0.352 e. The number of rotatable bonds is 3. The number of nitrogens with zero attached hydrogens (tertiary/aromatic N) is 1. The van der Waals surface area contributed by atoms with E-state index in [-0.39, 0.29) is 5.41 Å². The molecular formula is C20H20BrNO2. The van der Waals surface area contributed by atoms with Crippen LogP contribution in [0.25, 0.3) is 10.9 Å². The summed E-state index contributed by atoms with van der Waals surface area (Å²) < 4.78 is 2.79. The minimum absolute atomic E-state index is 0.107. The van der Waals surface area contributed by atoms with E-state index >= 15 is 0 Å². The van der Waals surface area contributed by atoms with Crippen LogP contribution in [0, 0.1) is 0 Å². The van der Waals surface area contributed by atoms with E-state index in [1.165, 1.54) is 5.56 Å². The largest absolute Gasteiger partial charge is 0.477 e. The number of aromatic carboxylic acids is 1. The molecule has 0 spiro atoms. The Morgan fingerprint density at radius 2 is 1.75 bits per heavy atom. The van der Waals surface area contributed by atoms with Gasteiger partial charge in [-0.2, -0.15) is 0 Å². The fourth-order valence-corrected chi connectivity index (χ4v) is 3.22. The van der Waals surface area contributed by atoms with Gasteiger partial charge in [0.05, 0.1) is 5.52 Å². The molecule has 0 aliphatic rings. The molecule has 1 N–H and O–H groups in total. The topological polar surface area (TPSA) is 42.2 Å². The minimum Gasteiger partial charge on any atom is -0.477 e. The van der Waals surface area contributed by atoms with Gasteiger partial charge in [0.1, 0.15) is 5.69 Å². The maximum atomic E-state index is 11.6. The van der Waals surface area contributed by atoms with E-state index in [0.717, 1.165) is 20.9 Å². The average Bonchev–Trinajstić information content (AvgIpc) is 2.85. The van der Waals surface area contributed by atoms with Crippen molar-refractivity contribution < 1.29 is 9.90 Å². The standard InChI is InChI=1S/C20H20BrNO2/c1-20(2,3)15-7-4-13(5-8-15)12-22-17-11-16(21)9-6-14(17)10-18(22)19(23)24/h4-11H,12H2,1-3H3,(H,23,24). The molecule has 124 valence electrons. The van der Waals surface area contributed by atoms with Gasteiger partial charge >= 0.3 is 5.97 Å². The van der Waals surface area contributed by atoms with Crippen LogP contribution in [0.2, 0.25) is 0 Å². The van der Waals surface area contributed by atoms with E-state index in [4.69, 9.17) is 0 Å². The molecule has 2 aromatic carbocycles. The van der Waals surface area contributed by atoms with Crippen molar-refractivity contribution in [2.75, 3.05) is 0 Å². The number of halogens is 1. The second kappa shape index (κ2) is 6.10. The van der Waals surface area contributed by atoms with Crippen molar-refractivity contribution >= 4 is 32.8 Å². The number of aromatic nitrogens is 1. The van der Waals surface area contributed by atoms with Gasteiger partial charge in [0.2, 0.25) is 0 Å². The first kappa shape index (κ1) is 16.8. The van der Waals surface area contributed by atoms with Crippen molar-refractivity contribution in [2.45, 2.75) is 32.7 Å². The Morgan fingerprint density at radius 1 is 1.08 bits per heavy atom. The third-order valence-electron chi connectivity index (χ3n) is 4.25. The molecule has 3 nitrogen and oxygen atoms in total. The van der Waals surface area contributed by atoms with Crippen LogP contribution in [-0.2, 0) is 12.0 Å². The SMILES string of the molecule is CC(C)(C)c1ccc(Cn2c(C(=O)O)cc3ccc(Br)cc32)cc1. The van der Waals surface area contributed by atoms with Crippen molar-refractivity contribution in [3.05, 3.63) is 69.8 Å². The Balaban J connectivity index is 2.04. The molecule has 3 aromatic rings. The van der Waals surface area contributed by atoms with Gasteiger partial charge in [-0.1, -0.05) is 67.0 Å².